The lowest BCUT2D eigenvalue weighted by atomic mass is 10.0. The Hall–Kier alpha value is -3.39. The summed E-state index contributed by atoms with van der Waals surface area (Å²) >= 11 is 1.28. The summed E-state index contributed by atoms with van der Waals surface area (Å²) in [7, 11) is 1.60. The molecule has 3 aromatic carbocycles. The molecule has 0 aliphatic carbocycles. The summed E-state index contributed by atoms with van der Waals surface area (Å²) < 4.78 is 7.03. The smallest absolute Gasteiger partial charge is 0.230 e. The number of aromatic nitrogens is 4. The Balaban J connectivity index is 1.43. The number of tetrazole rings is 1. The monoisotopic (exact) mass is 433 g/mol. The summed E-state index contributed by atoms with van der Waals surface area (Å²) in [6.07, 6.45) is 0. The second-order valence-electron chi connectivity index (χ2n) is 7.23. The van der Waals surface area contributed by atoms with E-state index in [0.717, 1.165) is 22.2 Å². The number of aryl methyl sites for hydroxylation is 1. The molecule has 0 saturated heterocycles. The van der Waals surface area contributed by atoms with Crippen molar-refractivity contribution in [3.05, 3.63) is 71.8 Å². The fraction of sp³-hybridized carbons (Fsp3) is 0.217. The Morgan fingerprint density at radius 2 is 1.94 bits per heavy atom. The van der Waals surface area contributed by atoms with Crippen molar-refractivity contribution in [2.75, 3.05) is 12.9 Å². The van der Waals surface area contributed by atoms with Crippen LogP contribution in [0.25, 0.3) is 16.5 Å². The number of ether oxygens (including phenoxy) is 1. The summed E-state index contributed by atoms with van der Waals surface area (Å²) in [6.45, 7) is 3.97. The van der Waals surface area contributed by atoms with E-state index < -0.39 is 0 Å². The summed E-state index contributed by atoms with van der Waals surface area (Å²) in [4.78, 5) is 12.6. The van der Waals surface area contributed by atoms with E-state index >= 15 is 0 Å². The van der Waals surface area contributed by atoms with Crippen molar-refractivity contribution in [2.24, 2.45) is 0 Å². The predicted molar refractivity (Wildman–Crippen MR) is 122 cm³/mol. The van der Waals surface area contributed by atoms with Gasteiger partial charge in [0.15, 0.2) is 0 Å². The third kappa shape index (κ3) is 4.69. The number of fused-ring (bicyclic) bond motifs is 1. The predicted octanol–water partition coefficient (Wildman–Crippen LogP) is 4.10. The van der Waals surface area contributed by atoms with Crippen LogP contribution in [-0.2, 0) is 4.79 Å². The largest absolute Gasteiger partial charge is 0.494 e. The first kappa shape index (κ1) is 20.9. The Labute approximate surface area is 184 Å². The molecule has 1 atom stereocenters. The highest BCUT2D eigenvalue weighted by atomic mass is 32.2. The highest BCUT2D eigenvalue weighted by Gasteiger charge is 2.16. The fourth-order valence-corrected chi connectivity index (χ4v) is 4.05. The van der Waals surface area contributed by atoms with Gasteiger partial charge >= 0.3 is 0 Å². The number of rotatable bonds is 7. The SMILES string of the molecule is COc1ccc(C)cc1-n1nnnc1SCC(=O)NC(C)c1ccc2ccccc2c1. The van der Waals surface area contributed by atoms with Gasteiger partial charge in [0, 0.05) is 0 Å². The third-order valence-electron chi connectivity index (χ3n) is 4.99. The van der Waals surface area contributed by atoms with E-state index in [2.05, 4.69) is 45.1 Å². The van der Waals surface area contributed by atoms with E-state index in [0.29, 0.717) is 10.9 Å². The number of methoxy groups -OCH3 is 1. The van der Waals surface area contributed by atoms with Crippen LogP contribution in [0.15, 0.2) is 65.8 Å². The van der Waals surface area contributed by atoms with Gasteiger partial charge in [0.2, 0.25) is 11.1 Å². The van der Waals surface area contributed by atoms with Gasteiger partial charge in [-0.3, -0.25) is 4.79 Å². The van der Waals surface area contributed by atoms with Crippen LogP contribution in [0.4, 0.5) is 0 Å². The molecule has 0 bridgehead atoms. The van der Waals surface area contributed by atoms with Crippen molar-refractivity contribution >= 4 is 28.4 Å². The quantitative estimate of drug-likeness (QED) is 0.442. The molecule has 0 radical (unpaired) electrons. The van der Waals surface area contributed by atoms with E-state index in [1.807, 2.05) is 50.2 Å². The molecule has 1 amide bonds. The number of benzene rings is 3. The van der Waals surface area contributed by atoms with Gasteiger partial charge in [-0.25, -0.2) is 0 Å². The maximum Gasteiger partial charge on any atom is 0.230 e. The van der Waals surface area contributed by atoms with Crippen LogP contribution in [0.1, 0.15) is 24.1 Å². The Morgan fingerprint density at radius 3 is 2.74 bits per heavy atom. The summed E-state index contributed by atoms with van der Waals surface area (Å²) in [5.74, 6) is 0.775. The van der Waals surface area contributed by atoms with E-state index in [1.165, 1.54) is 17.1 Å². The second kappa shape index (κ2) is 9.18. The minimum absolute atomic E-state index is 0.0867. The van der Waals surface area contributed by atoms with Crippen molar-refractivity contribution in [3.63, 3.8) is 0 Å². The van der Waals surface area contributed by atoms with Crippen molar-refractivity contribution < 1.29 is 9.53 Å². The van der Waals surface area contributed by atoms with Crippen molar-refractivity contribution in [3.8, 4) is 11.4 Å². The van der Waals surface area contributed by atoms with Gasteiger partial charge in [0.1, 0.15) is 11.4 Å². The number of carbonyl (C=O) groups is 1. The minimum atomic E-state index is -0.106. The van der Waals surface area contributed by atoms with E-state index in [9.17, 15) is 4.79 Å². The molecule has 1 N–H and O–H groups in total. The van der Waals surface area contributed by atoms with Gasteiger partial charge < -0.3 is 10.1 Å². The van der Waals surface area contributed by atoms with Crippen LogP contribution >= 0.6 is 11.8 Å². The van der Waals surface area contributed by atoms with Crippen LogP contribution in [0.5, 0.6) is 5.75 Å². The lowest BCUT2D eigenvalue weighted by Crippen LogP contribution is -2.28. The topological polar surface area (TPSA) is 81.9 Å². The molecule has 1 aromatic heterocycles. The first-order valence-electron chi connectivity index (χ1n) is 9.89. The average molecular weight is 434 g/mol. The van der Waals surface area contributed by atoms with E-state index in [-0.39, 0.29) is 17.7 Å². The Kier molecular flexibility index (Phi) is 6.18. The molecule has 158 valence electrons. The lowest BCUT2D eigenvalue weighted by molar-refractivity contribution is -0.119. The second-order valence-corrected chi connectivity index (χ2v) is 8.18. The van der Waals surface area contributed by atoms with Crippen LogP contribution in [0.3, 0.4) is 0 Å². The number of thioether (sulfide) groups is 1. The molecular formula is C23H23N5O2S. The van der Waals surface area contributed by atoms with E-state index in [4.69, 9.17) is 4.74 Å². The van der Waals surface area contributed by atoms with Crippen molar-refractivity contribution in [1.29, 1.82) is 0 Å². The molecule has 0 aliphatic rings. The van der Waals surface area contributed by atoms with Gasteiger partial charge in [-0.05, 0) is 64.4 Å². The molecule has 1 heterocycles. The van der Waals surface area contributed by atoms with Crippen LogP contribution in [-0.4, -0.2) is 39.0 Å². The normalized spacial score (nSPS) is 12.0. The Bertz CT molecular complexity index is 1220. The maximum atomic E-state index is 12.6. The fourth-order valence-electron chi connectivity index (χ4n) is 3.36. The highest BCUT2D eigenvalue weighted by molar-refractivity contribution is 7.99. The molecule has 0 aliphatic heterocycles. The molecule has 0 fully saturated rings. The number of amides is 1. The standard InChI is InChI=1S/C23H23N5O2S/c1-15-8-11-21(30-3)20(12-15)28-23(25-26-27-28)31-14-22(29)24-16(2)18-10-9-17-6-4-5-7-19(17)13-18/h4-13,16H,14H2,1-3H3,(H,24,29). The third-order valence-corrected chi connectivity index (χ3v) is 5.91. The van der Waals surface area contributed by atoms with Gasteiger partial charge in [-0.1, -0.05) is 54.2 Å². The summed E-state index contributed by atoms with van der Waals surface area (Å²) in [5.41, 5.74) is 2.86. The highest BCUT2D eigenvalue weighted by Crippen LogP contribution is 2.27. The number of carbonyl (C=O) groups excluding carboxylic acids is 1. The van der Waals surface area contributed by atoms with E-state index in [1.54, 1.807) is 11.8 Å². The lowest BCUT2D eigenvalue weighted by Gasteiger charge is -2.15. The molecule has 0 saturated carbocycles. The van der Waals surface area contributed by atoms with Crippen LogP contribution < -0.4 is 10.1 Å². The molecule has 4 aromatic rings. The van der Waals surface area contributed by atoms with Crippen molar-refractivity contribution in [1.82, 2.24) is 25.5 Å². The molecule has 7 nitrogen and oxygen atoms in total. The number of nitrogens with zero attached hydrogens (tertiary/aromatic N) is 4. The number of hydrogen-bond donors (Lipinski definition) is 1. The molecule has 8 heteroatoms. The zero-order valence-electron chi connectivity index (χ0n) is 17.6. The molecular weight excluding hydrogens is 410 g/mol. The van der Waals surface area contributed by atoms with Gasteiger partial charge in [0.25, 0.3) is 0 Å². The Morgan fingerprint density at radius 1 is 1.13 bits per heavy atom. The molecule has 31 heavy (non-hydrogen) atoms. The van der Waals surface area contributed by atoms with Gasteiger partial charge in [-0.2, -0.15) is 4.68 Å². The van der Waals surface area contributed by atoms with Crippen LogP contribution in [0, 0.1) is 6.92 Å². The zero-order chi connectivity index (χ0) is 21.8. The first-order valence-corrected chi connectivity index (χ1v) is 10.9. The van der Waals surface area contributed by atoms with Gasteiger partial charge in [0.05, 0.1) is 18.9 Å². The summed E-state index contributed by atoms with van der Waals surface area (Å²) in [6, 6.07) is 20.1. The first-order chi connectivity index (χ1) is 15.0. The zero-order valence-corrected chi connectivity index (χ0v) is 18.4. The van der Waals surface area contributed by atoms with Crippen molar-refractivity contribution in [2.45, 2.75) is 25.0 Å². The van der Waals surface area contributed by atoms with Crippen LogP contribution in [0.2, 0.25) is 0 Å². The molecule has 0 spiro atoms. The molecule has 1 unspecified atom stereocenters. The minimum Gasteiger partial charge on any atom is -0.494 e. The van der Waals surface area contributed by atoms with Gasteiger partial charge in [-0.15, -0.1) is 5.10 Å². The number of hydrogen-bond acceptors (Lipinski definition) is 6. The molecule has 4 rings (SSSR count). The average Bonchev–Trinajstić information content (AvgIpc) is 3.25. The number of nitrogens with one attached hydrogen (secondary N) is 1. The maximum absolute atomic E-state index is 12.6. The summed E-state index contributed by atoms with van der Waals surface area (Å²) in [5, 5.41) is 17.8.